The van der Waals surface area contributed by atoms with E-state index in [9.17, 15) is 0 Å². The average Bonchev–Trinajstić information content (AvgIpc) is 2.59. The van der Waals surface area contributed by atoms with Crippen LogP contribution in [0.5, 0.6) is 0 Å². The minimum Gasteiger partial charge on any atom is -0.314 e. The number of piperazine rings is 1. The summed E-state index contributed by atoms with van der Waals surface area (Å²) >= 11 is 0. The van der Waals surface area contributed by atoms with Gasteiger partial charge in [0.25, 0.3) is 0 Å². The first kappa shape index (κ1) is 5.56. The summed E-state index contributed by atoms with van der Waals surface area (Å²) < 4.78 is 0. The number of likely N-dealkylation sites (N-methyl/N-ethyl adjacent to an activating group) is 1. The second-order valence-corrected chi connectivity index (χ2v) is 4.02. The fourth-order valence-electron chi connectivity index (χ4n) is 2.94. The third kappa shape index (κ3) is 0.487. The fraction of sp³-hybridized carbons (Fsp3) is 1.00. The van der Waals surface area contributed by atoms with Gasteiger partial charge in [-0.15, -0.1) is 0 Å². The number of hydrogen-bond donors (Lipinski definition) is 1. The van der Waals surface area contributed by atoms with E-state index in [1.807, 2.05) is 0 Å². The first-order valence-electron chi connectivity index (χ1n) is 4.30. The first-order valence-corrected chi connectivity index (χ1v) is 4.30. The molecule has 1 aliphatic carbocycles. The van der Waals surface area contributed by atoms with E-state index in [0.29, 0.717) is 0 Å². The van der Waals surface area contributed by atoms with Crippen molar-refractivity contribution in [1.82, 2.24) is 10.2 Å². The Morgan fingerprint density at radius 2 is 1.80 bits per heavy atom. The Kier molecular flexibility index (Phi) is 0.868. The standard InChI is InChI=1S/C8H14N2/c1-10-7-3-9-4-8(10)6-2-5(6)7/h5-9H,2-4H2,1H3. The molecule has 1 N–H and O–H groups in total. The fourth-order valence-corrected chi connectivity index (χ4v) is 2.94. The Hall–Kier alpha value is -0.0800. The number of hydrogen-bond acceptors (Lipinski definition) is 2. The van der Waals surface area contributed by atoms with Crippen LogP contribution >= 0.6 is 0 Å². The van der Waals surface area contributed by atoms with E-state index in [1.54, 1.807) is 0 Å². The molecule has 2 nitrogen and oxygen atoms in total. The predicted molar refractivity (Wildman–Crippen MR) is 39.8 cm³/mol. The topological polar surface area (TPSA) is 15.3 Å². The lowest BCUT2D eigenvalue weighted by Crippen LogP contribution is -2.52. The van der Waals surface area contributed by atoms with E-state index in [2.05, 4.69) is 17.3 Å². The van der Waals surface area contributed by atoms with Gasteiger partial charge in [-0.05, 0) is 25.3 Å². The molecule has 10 heavy (non-hydrogen) atoms. The maximum absolute atomic E-state index is 3.50. The van der Waals surface area contributed by atoms with Crippen LogP contribution in [-0.2, 0) is 0 Å². The zero-order valence-electron chi connectivity index (χ0n) is 6.38. The van der Waals surface area contributed by atoms with Crippen molar-refractivity contribution in [3.63, 3.8) is 0 Å². The van der Waals surface area contributed by atoms with Gasteiger partial charge in [-0.25, -0.2) is 0 Å². The van der Waals surface area contributed by atoms with Crippen molar-refractivity contribution in [3.05, 3.63) is 0 Å². The van der Waals surface area contributed by atoms with Crippen molar-refractivity contribution in [2.24, 2.45) is 11.8 Å². The van der Waals surface area contributed by atoms with Gasteiger partial charge in [0.1, 0.15) is 0 Å². The van der Waals surface area contributed by atoms with E-state index in [4.69, 9.17) is 0 Å². The van der Waals surface area contributed by atoms with E-state index in [0.717, 1.165) is 23.9 Å². The van der Waals surface area contributed by atoms with Crippen LogP contribution in [0.4, 0.5) is 0 Å². The molecular weight excluding hydrogens is 124 g/mol. The molecule has 56 valence electrons. The van der Waals surface area contributed by atoms with Crippen molar-refractivity contribution >= 4 is 0 Å². The highest BCUT2D eigenvalue weighted by molar-refractivity contribution is 5.12. The van der Waals surface area contributed by atoms with Crippen LogP contribution in [0.15, 0.2) is 0 Å². The summed E-state index contributed by atoms with van der Waals surface area (Å²) in [6, 6.07) is 1.78. The number of nitrogens with one attached hydrogen (secondary N) is 1. The normalized spacial score (nSPS) is 58.5. The zero-order chi connectivity index (χ0) is 6.72. The lowest BCUT2D eigenvalue weighted by Gasteiger charge is -2.34. The molecule has 0 radical (unpaired) electrons. The van der Waals surface area contributed by atoms with Gasteiger partial charge in [0, 0.05) is 25.2 Å². The summed E-state index contributed by atoms with van der Waals surface area (Å²) in [5.41, 5.74) is 0. The molecule has 1 saturated carbocycles. The summed E-state index contributed by atoms with van der Waals surface area (Å²) in [4.78, 5) is 2.59. The van der Waals surface area contributed by atoms with Gasteiger partial charge < -0.3 is 5.32 Å². The first-order chi connectivity index (χ1) is 4.88. The smallest absolute Gasteiger partial charge is 0.0252 e. The maximum Gasteiger partial charge on any atom is 0.0252 e. The van der Waals surface area contributed by atoms with Crippen LogP contribution in [0.2, 0.25) is 0 Å². The Labute approximate surface area is 61.6 Å². The molecule has 2 heteroatoms. The minimum atomic E-state index is 0.892. The Morgan fingerprint density at radius 1 is 1.20 bits per heavy atom. The van der Waals surface area contributed by atoms with Crippen LogP contribution in [0.25, 0.3) is 0 Å². The van der Waals surface area contributed by atoms with Crippen LogP contribution in [0.3, 0.4) is 0 Å². The van der Waals surface area contributed by atoms with Gasteiger partial charge in [-0.1, -0.05) is 0 Å². The highest BCUT2D eigenvalue weighted by atomic mass is 15.3. The average molecular weight is 138 g/mol. The third-order valence-electron chi connectivity index (χ3n) is 3.63. The largest absolute Gasteiger partial charge is 0.314 e. The van der Waals surface area contributed by atoms with Crippen molar-refractivity contribution in [1.29, 1.82) is 0 Å². The molecule has 0 aromatic heterocycles. The van der Waals surface area contributed by atoms with E-state index in [-0.39, 0.29) is 0 Å². The van der Waals surface area contributed by atoms with Crippen LogP contribution in [0.1, 0.15) is 6.42 Å². The molecule has 4 unspecified atom stereocenters. The lowest BCUT2D eigenvalue weighted by atomic mass is 10.1. The number of piperidine rings is 1. The van der Waals surface area contributed by atoms with E-state index in [1.165, 1.54) is 19.5 Å². The van der Waals surface area contributed by atoms with Gasteiger partial charge in [-0.3, -0.25) is 4.90 Å². The van der Waals surface area contributed by atoms with Crippen molar-refractivity contribution in [3.8, 4) is 0 Å². The monoisotopic (exact) mass is 138 g/mol. The molecule has 3 aliphatic rings. The molecule has 2 bridgehead atoms. The quantitative estimate of drug-likeness (QED) is 0.503. The molecule has 3 fully saturated rings. The lowest BCUT2D eigenvalue weighted by molar-refractivity contribution is 0.157. The second-order valence-electron chi connectivity index (χ2n) is 4.02. The molecule has 3 rings (SSSR count). The van der Waals surface area contributed by atoms with Gasteiger partial charge in [0.2, 0.25) is 0 Å². The third-order valence-corrected chi connectivity index (χ3v) is 3.63. The molecule has 0 aromatic rings. The molecule has 0 amide bonds. The molecule has 0 aromatic carbocycles. The Balaban J connectivity index is 1.94. The zero-order valence-corrected chi connectivity index (χ0v) is 6.38. The highest BCUT2D eigenvalue weighted by Gasteiger charge is 2.58. The number of rotatable bonds is 0. The Bertz CT molecular complexity index is 153. The predicted octanol–water partition coefficient (Wildman–Crippen LogP) is -0.0917. The SMILES string of the molecule is CN1C2CNCC1C1CC12. The van der Waals surface area contributed by atoms with Crippen LogP contribution in [-0.4, -0.2) is 37.1 Å². The molecule has 4 atom stereocenters. The Morgan fingerprint density at radius 3 is 2.30 bits per heavy atom. The van der Waals surface area contributed by atoms with E-state index >= 15 is 0 Å². The van der Waals surface area contributed by atoms with Gasteiger partial charge in [0.05, 0.1) is 0 Å². The molecule has 2 heterocycles. The summed E-state index contributed by atoms with van der Waals surface area (Å²) in [5.74, 6) is 2.15. The molecule has 2 aliphatic heterocycles. The minimum absolute atomic E-state index is 0.892. The highest BCUT2D eigenvalue weighted by Crippen LogP contribution is 2.53. The van der Waals surface area contributed by atoms with Crippen molar-refractivity contribution < 1.29 is 0 Å². The summed E-state index contributed by atoms with van der Waals surface area (Å²) in [6.07, 6.45) is 1.53. The number of nitrogens with zero attached hydrogens (tertiary/aromatic N) is 1. The van der Waals surface area contributed by atoms with Gasteiger partial charge in [-0.2, -0.15) is 0 Å². The van der Waals surface area contributed by atoms with Crippen molar-refractivity contribution in [2.75, 3.05) is 20.1 Å². The van der Waals surface area contributed by atoms with Crippen molar-refractivity contribution in [2.45, 2.75) is 18.5 Å². The maximum atomic E-state index is 3.50. The van der Waals surface area contributed by atoms with E-state index < -0.39 is 0 Å². The number of fused-ring (bicyclic) bond motifs is 5. The molecule has 2 saturated heterocycles. The summed E-state index contributed by atoms with van der Waals surface area (Å²) in [5, 5.41) is 3.50. The molecule has 0 spiro atoms. The van der Waals surface area contributed by atoms with Crippen LogP contribution in [0, 0.1) is 11.8 Å². The summed E-state index contributed by atoms with van der Waals surface area (Å²) in [7, 11) is 2.29. The molecular formula is C8H14N2. The van der Waals surface area contributed by atoms with Gasteiger partial charge >= 0.3 is 0 Å². The van der Waals surface area contributed by atoms with Gasteiger partial charge in [0.15, 0.2) is 0 Å². The second kappa shape index (κ2) is 1.56. The van der Waals surface area contributed by atoms with Crippen LogP contribution < -0.4 is 5.32 Å². The summed E-state index contributed by atoms with van der Waals surface area (Å²) in [6.45, 7) is 2.49.